The normalized spacial score (nSPS) is 15.9. The van der Waals surface area contributed by atoms with Crippen LogP contribution >= 0.6 is 11.8 Å². The predicted octanol–water partition coefficient (Wildman–Crippen LogP) is -0.458. The summed E-state index contributed by atoms with van der Waals surface area (Å²) >= 11 is 1.38. The number of nitrogens with one attached hydrogen (secondary N) is 1. The Morgan fingerprint density at radius 2 is 2.21 bits per heavy atom. The molecule has 0 bridgehead atoms. The van der Waals surface area contributed by atoms with Crippen LogP contribution in [0.4, 0.5) is 0 Å². The quantitative estimate of drug-likeness (QED) is 0.653. The molecule has 0 heterocycles. The van der Waals surface area contributed by atoms with Gasteiger partial charge in [-0.3, -0.25) is 0 Å². The highest BCUT2D eigenvalue weighted by Crippen LogP contribution is 2.10. The molecule has 0 fully saturated rings. The summed E-state index contributed by atoms with van der Waals surface area (Å²) in [5.41, 5.74) is 0. The Morgan fingerprint density at radius 3 is 2.57 bits per heavy atom. The van der Waals surface area contributed by atoms with Crippen LogP contribution in [-0.2, 0) is 10.0 Å². The third-order valence-electron chi connectivity index (χ3n) is 1.66. The van der Waals surface area contributed by atoms with Gasteiger partial charge in [0, 0.05) is 11.3 Å². The van der Waals surface area contributed by atoms with Crippen LogP contribution in [0.5, 0.6) is 0 Å². The molecule has 2 atom stereocenters. The number of hydrogen-bond acceptors (Lipinski definition) is 5. The summed E-state index contributed by atoms with van der Waals surface area (Å²) in [6.45, 7) is 1.56. The smallest absolute Gasteiger partial charge is 0.225 e. The topological polar surface area (TPSA) is 90.2 Å². The second-order valence-corrected chi connectivity index (χ2v) is 5.61. The van der Waals surface area contributed by atoms with Gasteiger partial charge in [-0.15, -0.1) is 0 Å². The average Bonchev–Trinajstić information content (AvgIpc) is 2.04. The lowest BCUT2D eigenvalue weighted by Crippen LogP contribution is -2.41. The minimum atomic E-state index is -3.53. The van der Waals surface area contributed by atoms with Crippen molar-refractivity contribution in [1.29, 1.82) is 5.26 Å². The van der Waals surface area contributed by atoms with Gasteiger partial charge in [0.05, 0.1) is 12.7 Å². The second-order valence-electron chi connectivity index (χ2n) is 2.78. The molecular formula is C7H14N2O3S2. The molecule has 0 saturated heterocycles. The van der Waals surface area contributed by atoms with Gasteiger partial charge in [0.1, 0.15) is 0 Å². The van der Waals surface area contributed by atoms with Gasteiger partial charge in [0.2, 0.25) is 10.0 Å². The van der Waals surface area contributed by atoms with Gasteiger partial charge in [-0.2, -0.15) is 17.0 Å². The van der Waals surface area contributed by atoms with Crippen LogP contribution in [0.15, 0.2) is 0 Å². The molecule has 5 nitrogen and oxygen atoms in total. The first-order valence-electron chi connectivity index (χ1n) is 3.97. The van der Waals surface area contributed by atoms with Crippen molar-refractivity contribution < 1.29 is 13.5 Å². The third-order valence-corrected chi connectivity index (χ3v) is 4.06. The van der Waals surface area contributed by atoms with Gasteiger partial charge < -0.3 is 5.11 Å². The van der Waals surface area contributed by atoms with Crippen LogP contribution in [0, 0.1) is 11.3 Å². The van der Waals surface area contributed by atoms with Crippen LogP contribution < -0.4 is 4.72 Å². The van der Waals surface area contributed by atoms with Crippen molar-refractivity contribution >= 4 is 21.8 Å². The standard InChI is InChI=1S/C7H14N2O3S2/c1-6(7(5-10)13-2)9-14(11,12)4-3-8/h6-7,9-10H,4-5H2,1-2H3. The van der Waals surface area contributed by atoms with E-state index >= 15 is 0 Å². The number of hydrogen-bond donors (Lipinski definition) is 2. The van der Waals surface area contributed by atoms with Gasteiger partial charge in [-0.25, -0.2) is 13.1 Å². The molecule has 0 aromatic rings. The van der Waals surface area contributed by atoms with Crippen molar-refractivity contribution in [3.05, 3.63) is 0 Å². The van der Waals surface area contributed by atoms with Crippen LogP contribution in [0.25, 0.3) is 0 Å². The Labute approximate surface area is 88.5 Å². The van der Waals surface area contributed by atoms with Gasteiger partial charge >= 0.3 is 0 Å². The lowest BCUT2D eigenvalue weighted by Gasteiger charge is -2.20. The summed E-state index contributed by atoms with van der Waals surface area (Å²) in [6, 6.07) is 1.19. The summed E-state index contributed by atoms with van der Waals surface area (Å²) in [6.07, 6.45) is 1.79. The van der Waals surface area contributed by atoms with Gasteiger partial charge in [-0.05, 0) is 13.2 Å². The molecule has 0 amide bonds. The third kappa shape index (κ3) is 4.81. The van der Waals surface area contributed by atoms with Crippen molar-refractivity contribution in [3.63, 3.8) is 0 Å². The van der Waals surface area contributed by atoms with E-state index in [2.05, 4.69) is 4.72 Å². The van der Waals surface area contributed by atoms with Crippen molar-refractivity contribution in [2.75, 3.05) is 18.6 Å². The summed E-state index contributed by atoms with van der Waals surface area (Å²) in [5, 5.41) is 17.0. The molecule has 0 aliphatic rings. The summed E-state index contributed by atoms with van der Waals surface area (Å²) in [7, 11) is -3.53. The minimum Gasteiger partial charge on any atom is -0.395 e. The van der Waals surface area contributed by atoms with E-state index in [1.165, 1.54) is 11.8 Å². The average molecular weight is 238 g/mol. The van der Waals surface area contributed by atoms with Crippen molar-refractivity contribution in [2.24, 2.45) is 0 Å². The zero-order chi connectivity index (χ0) is 11.2. The molecule has 14 heavy (non-hydrogen) atoms. The van der Waals surface area contributed by atoms with E-state index in [1.54, 1.807) is 19.2 Å². The molecule has 0 saturated carbocycles. The van der Waals surface area contributed by atoms with E-state index in [0.29, 0.717) is 0 Å². The van der Waals surface area contributed by atoms with Crippen molar-refractivity contribution in [1.82, 2.24) is 4.72 Å². The highest BCUT2D eigenvalue weighted by Gasteiger charge is 2.20. The molecule has 0 aromatic carbocycles. The zero-order valence-corrected chi connectivity index (χ0v) is 9.73. The fraction of sp³-hybridized carbons (Fsp3) is 0.857. The first kappa shape index (κ1) is 13.7. The Kier molecular flexibility index (Phi) is 6.11. The Hall–Kier alpha value is -0.290. The van der Waals surface area contributed by atoms with Crippen LogP contribution in [0.1, 0.15) is 6.92 Å². The maximum absolute atomic E-state index is 11.2. The van der Waals surface area contributed by atoms with E-state index in [1.807, 2.05) is 0 Å². The monoisotopic (exact) mass is 238 g/mol. The van der Waals surface area contributed by atoms with E-state index in [0.717, 1.165) is 0 Å². The SMILES string of the molecule is CSC(CO)C(C)NS(=O)(=O)CC#N. The number of nitrogens with zero attached hydrogens (tertiary/aromatic N) is 1. The molecule has 0 radical (unpaired) electrons. The highest BCUT2D eigenvalue weighted by molar-refractivity contribution is 7.99. The Bertz CT molecular complexity index is 293. The Balaban J connectivity index is 4.31. The fourth-order valence-electron chi connectivity index (χ4n) is 0.923. The largest absolute Gasteiger partial charge is 0.395 e. The molecule has 0 aromatic heterocycles. The maximum Gasteiger partial charge on any atom is 0.225 e. The fourth-order valence-corrected chi connectivity index (χ4v) is 2.62. The number of aliphatic hydroxyl groups is 1. The molecular weight excluding hydrogens is 224 g/mol. The molecule has 0 rings (SSSR count). The maximum atomic E-state index is 11.2. The molecule has 2 N–H and O–H groups in total. The first-order chi connectivity index (χ1) is 6.46. The summed E-state index contributed by atoms with van der Waals surface area (Å²) < 4.78 is 24.6. The van der Waals surface area contributed by atoms with Crippen LogP contribution in [-0.4, -0.2) is 43.4 Å². The van der Waals surface area contributed by atoms with Crippen LogP contribution in [0.3, 0.4) is 0 Å². The lowest BCUT2D eigenvalue weighted by molar-refractivity contribution is 0.282. The lowest BCUT2D eigenvalue weighted by atomic mass is 10.3. The van der Waals surface area contributed by atoms with E-state index < -0.39 is 15.8 Å². The molecule has 7 heteroatoms. The Morgan fingerprint density at radius 1 is 1.64 bits per heavy atom. The number of nitriles is 1. The number of rotatable bonds is 6. The molecule has 0 aliphatic carbocycles. The second kappa shape index (κ2) is 6.24. The summed E-state index contributed by atoms with van der Waals surface area (Å²) in [5.74, 6) is -0.552. The first-order valence-corrected chi connectivity index (χ1v) is 6.91. The van der Waals surface area contributed by atoms with Gasteiger partial charge in [0.25, 0.3) is 0 Å². The van der Waals surface area contributed by atoms with Crippen LogP contribution in [0.2, 0.25) is 0 Å². The van der Waals surface area contributed by atoms with Crippen molar-refractivity contribution in [3.8, 4) is 6.07 Å². The predicted molar refractivity (Wildman–Crippen MR) is 56.4 cm³/mol. The number of thioether (sulfide) groups is 1. The van der Waals surface area contributed by atoms with E-state index in [4.69, 9.17) is 10.4 Å². The highest BCUT2D eigenvalue weighted by atomic mass is 32.2. The number of sulfonamides is 1. The zero-order valence-electron chi connectivity index (χ0n) is 8.10. The molecule has 0 aliphatic heterocycles. The van der Waals surface area contributed by atoms with Gasteiger partial charge in [-0.1, -0.05) is 0 Å². The van der Waals surface area contributed by atoms with E-state index in [-0.39, 0.29) is 17.9 Å². The summed E-state index contributed by atoms with van der Waals surface area (Å²) in [4.78, 5) is 0. The minimum absolute atomic E-state index is 0.0998. The number of aliphatic hydroxyl groups excluding tert-OH is 1. The molecule has 0 spiro atoms. The van der Waals surface area contributed by atoms with E-state index in [9.17, 15) is 8.42 Å². The molecule has 2 unspecified atom stereocenters. The van der Waals surface area contributed by atoms with Gasteiger partial charge in [0.15, 0.2) is 5.75 Å². The molecule has 82 valence electrons. The van der Waals surface area contributed by atoms with Crippen molar-refractivity contribution in [2.45, 2.75) is 18.2 Å².